The number of hydrogen-bond donors (Lipinski definition) is 2. The molecule has 5 nitrogen and oxygen atoms in total. The van der Waals surface area contributed by atoms with Gasteiger partial charge in [-0.15, -0.1) is 0 Å². The highest BCUT2D eigenvalue weighted by atomic mass is 31.2. The molecule has 1 rings (SSSR count). The highest BCUT2D eigenvalue weighted by Crippen LogP contribution is 2.38. The minimum absolute atomic E-state index is 0.0561. The van der Waals surface area contributed by atoms with E-state index >= 15 is 0 Å². The molecule has 0 aliphatic rings. The van der Waals surface area contributed by atoms with Crippen molar-refractivity contribution in [2.45, 2.75) is 0 Å². The summed E-state index contributed by atoms with van der Waals surface area (Å²) in [5, 5.41) is 0. The summed E-state index contributed by atoms with van der Waals surface area (Å²) in [6.07, 6.45) is 0.407. The Morgan fingerprint density at radius 1 is 1.43 bits per heavy atom. The van der Waals surface area contributed by atoms with Crippen molar-refractivity contribution in [2.24, 2.45) is 0 Å². The number of carbonyl (C=O) groups is 1. The molecule has 2 N–H and O–H groups in total. The van der Waals surface area contributed by atoms with E-state index < -0.39 is 19.4 Å². The molecule has 0 aliphatic heterocycles. The molecule has 0 bridgehead atoms. The predicted molar refractivity (Wildman–Crippen MR) is 44.5 cm³/mol. The zero-order chi connectivity index (χ0) is 10.8. The Morgan fingerprint density at radius 3 is 2.50 bits per heavy atom. The first-order chi connectivity index (χ1) is 6.42. The van der Waals surface area contributed by atoms with Gasteiger partial charge < -0.3 is 4.52 Å². The average molecular weight is 220 g/mol. The predicted octanol–water partition coefficient (Wildman–Crippen LogP) is 1.11. The first-order valence-corrected chi connectivity index (χ1v) is 4.95. The molecule has 14 heavy (non-hydrogen) atoms. The summed E-state index contributed by atoms with van der Waals surface area (Å²) < 4.78 is 27.3. The number of carbonyl (C=O) groups excluding carboxylic acids is 1. The summed E-state index contributed by atoms with van der Waals surface area (Å²) in [6, 6.07) is 2.97. The molecule has 0 aliphatic carbocycles. The number of aldehydes is 1. The second-order valence-corrected chi connectivity index (χ2v) is 3.55. The number of hydrogen-bond acceptors (Lipinski definition) is 3. The van der Waals surface area contributed by atoms with Gasteiger partial charge in [0.25, 0.3) is 0 Å². The quantitative estimate of drug-likeness (QED) is 0.588. The van der Waals surface area contributed by atoms with E-state index in [-0.39, 0.29) is 5.56 Å². The molecule has 0 spiro atoms. The van der Waals surface area contributed by atoms with Crippen molar-refractivity contribution in [3.63, 3.8) is 0 Å². The van der Waals surface area contributed by atoms with Gasteiger partial charge in [-0.3, -0.25) is 14.6 Å². The van der Waals surface area contributed by atoms with Crippen LogP contribution in [-0.4, -0.2) is 16.1 Å². The van der Waals surface area contributed by atoms with E-state index in [9.17, 15) is 13.8 Å². The average Bonchev–Trinajstić information content (AvgIpc) is 2.06. The second-order valence-electron chi connectivity index (χ2n) is 2.39. The van der Waals surface area contributed by atoms with Gasteiger partial charge in [-0.05, 0) is 18.2 Å². The monoisotopic (exact) mass is 220 g/mol. The van der Waals surface area contributed by atoms with E-state index in [1.807, 2.05) is 0 Å². The number of halogens is 1. The fraction of sp³-hybridized carbons (Fsp3) is 0. The summed E-state index contributed by atoms with van der Waals surface area (Å²) >= 11 is 0. The van der Waals surface area contributed by atoms with E-state index in [2.05, 4.69) is 4.52 Å². The molecule has 0 amide bonds. The van der Waals surface area contributed by atoms with Crippen LogP contribution in [0.3, 0.4) is 0 Å². The molecule has 0 aromatic heterocycles. The van der Waals surface area contributed by atoms with Crippen LogP contribution in [0.1, 0.15) is 10.4 Å². The summed E-state index contributed by atoms with van der Waals surface area (Å²) in [5.41, 5.74) is 0.0561. The van der Waals surface area contributed by atoms with Crippen molar-refractivity contribution < 1.29 is 28.1 Å². The summed E-state index contributed by atoms with van der Waals surface area (Å²) in [5.74, 6) is -1.60. The van der Waals surface area contributed by atoms with Crippen LogP contribution in [0.4, 0.5) is 4.39 Å². The first kappa shape index (κ1) is 10.8. The maximum absolute atomic E-state index is 12.9. The van der Waals surface area contributed by atoms with Crippen LogP contribution < -0.4 is 4.52 Å². The van der Waals surface area contributed by atoms with Crippen LogP contribution in [0, 0.1) is 5.82 Å². The SMILES string of the molecule is O=Cc1ccc(OP(=O)(O)O)c(F)c1. The van der Waals surface area contributed by atoms with E-state index in [1.165, 1.54) is 6.07 Å². The van der Waals surface area contributed by atoms with Gasteiger partial charge in [0.2, 0.25) is 0 Å². The van der Waals surface area contributed by atoms with Crippen molar-refractivity contribution in [1.82, 2.24) is 0 Å². The number of phosphoric ester groups is 1. The Balaban J connectivity index is 3.01. The number of phosphoric acid groups is 1. The molecule has 0 saturated heterocycles. The minimum atomic E-state index is -4.77. The van der Waals surface area contributed by atoms with Crippen LogP contribution in [0.25, 0.3) is 0 Å². The van der Waals surface area contributed by atoms with E-state index in [1.54, 1.807) is 0 Å². The lowest BCUT2D eigenvalue weighted by Crippen LogP contribution is -1.94. The third-order valence-electron chi connectivity index (χ3n) is 1.31. The van der Waals surface area contributed by atoms with Crippen LogP contribution in [0.2, 0.25) is 0 Å². The molecule has 7 heteroatoms. The van der Waals surface area contributed by atoms with Crippen molar-refractivity contribution in [1.29, 1.82) is 0 Å². The van der Waals surface area contributed by atoms with Gasteiger partial charge in [0.05, 0.1) is 0 Å². The highest BCUT2D eigenvalue weighted by molar-refractivity contribution is 7.46. The van der Waals surface area contributed by atoms with Crippen molar-refractivity contribution in [3.05, 3.63) is 29.6 Å². The number of rotatable bonds is 3. The molecule has 0 atom stereocenters. The second kappa shape index (κ2) is 3.88. The Morgan fingerprint density at radius 2 is 2.07 bits per heavy atom. The van der Waals surface area contributed by atoms with Crippen molar-refractivity contribution in [3.8, 4) is 5.75 Å². The Bertz CT molecular complexity index is 399. The molecule has 1 aromatic rings. The largest absolute Gasteiger partial charge is 0.524 e. The smallest absolute Gasteiger partial charge is 0.401 e. The maximum atomic E-state index is 12.9. The fourth-order valence-corrected chi connectivity index (χ4v) is 1.20. The van der Waals surface area contributed by atoms with E-state index in [4.69, 9.17) is 9.79 Å². The summed E-state index contributed by atoms with van der Waals surface area (Å²) in [7, 11) is -4.77. The Hall–Kier alpha value is -1.23. The fourth-order valence-electron chi connectivity index (χ4n) is 0.793. The molecule has 1 aromatic carbocycles. The topological polar surface area (TPSA) is 83.8 Å². The molecule has 76 valence electrons. The van der Waals surface area contributed by atoms with E-state index in [0.717, 1.165) is 12.1 Å². The lowest BCUT2D eigenvalue weighted by molar-refractivity contribution is 0.112. The lowest BCUT2D eigenvalue weighted by Gasteiger charge is -2.07. The molecular weight excluding hydrogens is 214 g/mol. The van der Waals surface area contributed by atoms with Gasteiger partial charge >= 0.3 is 7.82 Å². The summed E-state index contributed by atoms with van der Waals surface area (Å²) in [6.45, 7) is 0. The minimum Gasteiger partial charge on any atom is -0.401 e. The molecule has 0 heterocycles. The van der Waals surface area contributed by atoms with Crippen LogP contribution >= 0.6 is 7.82 Å². The highest BCUT2D eigenvalue weighted by Gasteiger charge is 2.18. The van der Waals surface area contributed by atoms with Crippen molar-refractivity contribution in [2.75, 3.05) is 0 Å². The van der Waals surface area contributed by atoms with Gasteiger partial charge in [0.1, 0.15) is 6.29 Å². The number of benzene rings is 1. The molecule has 0 unspecified atom stereocenters. The Labute approximate surface area is 78.4 Å². The third-order valence-corrected chi connectivity index (χ3v) is 1.74. The zero-order valence-electron chi connectivity index (χ0n) is 6.75. The third kappa shape index (κ3) is 2.92. The Kier molecular flexibility index (Phi) is 3.00. The molecule has 0 radical (unpaired) electrons. The zero-order valence-corrected chi connectivity index (χ0v) is 7.65. The van der Waals surface area contributed by atoms with Crippen LogP contribution in [-0.2, 0) is 4.57 Å². The maximum Gasteiger partial charge on any atom is 0.524 e. The van der Waals surface area contributed by atoms with Gasteiger partial charge in [0.15, 0.2) is 11.6 Å². The van der Waals surface area contributed by atoms with E-state index in [0.29, 0.717) is 6.29 Å². The van der Waals surface area contributed by atoms with Crippen LogP contribution in [0.5, 0.6) is 5.75 Å². The molecular formula is C7H6FO5P. The molecule has 0 fully saturated rings. The van der Waals surface area contributed by atoms with Gasteiger partial charge in [-0.1, -0.05) is 0 Å². The van der Waals surface area contributed by atoms with Gasteiger partial charge in [-0.25, -0.2) is 8.96 Å². The van der Waals surface area contributed by atoms with Gasteiger partial charge in [-0.2, -0.15) is 0 Å². The first-order valence-electron chi connectivity index (χ1n) is 3.42. The lowest BCUT2D eigenvalue weighted by atomic mass is 10.2. The summed E-state index contributed by atoms with van der Waals surface area (Å²) in [4.78, 5) is 26.9. The standard InChI is InChI=1S/C7H6FO5P/c8-6-3-5(4-9)1-2-7(6)13-14(10,11)12/h1-4H,(H2,10,11,12). The van der Waals surface area contributed by atoms with Crippen LogP contribution in [0.15, 0.2) is 18.2 Å². The van der Waals surface area contributed by atoms with Crippen molar-refractivity contribution >= 4 is 14.1 Å². The van der Waals surface area contributed by atoms with Gasteiger partial charge in [0, 0.05) is 5.56 Å². The molecule has 0 saturated carbocycles. The normalized spacial score (nSPS) is 11.1.